The molecule has 8 rings (SSSR count). The Balaban J connectivity index is 0.000000200. The van der Waals surface area contributed by atoms with Crippen LogP contribution in [0.1, 0.15) is 50.7 Å². The molecule has 0 N–H and O–H groups in total. The molecule has 0 heterocycles. The van der Waals surface area contributed by atoms with Crippen molar-refractivity contribution in [1.82, 2.24) is 0 Å². The maximum atomic E-state index is 2.36. The largest absolute Gasteiger partial charge is 4.00 e. The van der Waals surface area contributed by atoms with Gasteiger partial charge >= 0.3 is 26.2 Å². The van der Waals surface area contributed by atoms with Gasteiger partial charge in [0.1, 0.15) is 0 Å². The van der Waals surface area contributed by atoms with Crippen LogP contribution in [0.4, 0.5) is 0 Å². The quantitative estimate of drug-likeness (QED) is 0.171. The van der Waals surface area contributed by atoms with E-state index in [0.29, 0.717) is 11.8 Å². The first-order valence-electron chi connectivity index (χ1n) is 15.8. The fourth-order valence-corrected chi connectivity index (χ4v) is 6.57. The van der Waals surface area contributed by atoms with Crippen LogP contribution < -0.4 is 24.8 Å². The van der Waals surface area contributed by atoms with Gasteiger partial charge in [-0.1, -0.05) is 136 Å². The Morgan fingerprint density at radius 1 is 0.383 bits per heavy atom. The summed E-state index contributed by atoms with van der Waals surface area (Å²) < 4.78 is 0. The molecule has 0 aromatic heterocycles. The summed E-state index contributed by atoms with van der Waals surface area (Å²) in [5.74, 6) is 1.13. The number of fused-ring (bicyclic) bond motifs is 4. The van der Waals surface area contributed by atoms with Gasteiger partial charge in [0.2, 0.25) is 0 Å². The first-order valence-corrected chi connectivity index (χ1v) is 15.8. The summed E-state index contributed by atoms with van der Waals surface area (Å²) in [4.78, 5) is 0. The number of rotatable bonds is 4. The minimum Gasteiger partial charge on any atom is -1.00 e. The molecule has 0 atom stereocenters. The molecule has 0 unspecified atom stereocenters. The van der Waals surface area contributed by atoms with Crippen molar-refractivity contribution in [3.8, 4) is 22.3 Å². The summed E-state index contributed by atoms with van der Waals surface area (Å²) in [5, 5.41) is 10.7. The Morgan fingerprint density at radius 2 is 0.702 bits per heavy atom. The standard InChI is InChI=1S/2C22H19.2ClH.Zr/c2*1-15(2)18-13-17-9-6-12-21(22(17)14-18)20-11-5-8-16-7-3-4-10-19(16)20;;;/h2*3-15H,1-2H3;2*1H;/q2*-1;;;+4/p-2. The van der Waals surface area contributed by atoms with Gasteiger partial charge in [-0.05, 0) is 44.5 Å². The van der Waals surface area contributed by atoms with Crippen LogP contribution in [0.5, 0.6) is 0 Å². The van der Waals surface area contributed by atoms with Crippen LogP contribution in [0, 0.1) is 0 Å². The van der Waals surface area contributed by atoms with E-state index in [9.17, 15) is 0 Å². The van der Waals surface area contributed by atoms with Gasteiger partial charge in [0.25, 0.3) is 0 Å². The van der Waals surface area contributed by atoms with E-state index in [1.54, 1.807) is 0 Å². The van der Waals surface area contributed by atoms with E-state index in [1.807, 2.05) is 0 Å². The number of benzene rings is 6. The van der Waals surface area contributed by atoms with Crippen molar-refractivity contribution in [2.24, 2.45) is 0 Å². The third-order valence-electron chi connectivity index (χ3n) is 9.04. The fourth-order valence-electron chi connectivity index (χ4n) is 6.57. The van der Waals surface area contributed by atoms with E-state index in [-0.39, 0.29) is 51.0 Å². The molecule has 0 aliphatic rings. The summed E-state index contributed by atoms with van der Waals surface area (Å²) >= 11 is 0. The molecular formula is C44H38Cl2Zr. The molecule has 0 aliphatic heterocycles. The van der Waals surface area contributed by atoms with Crippen LogP contribution >= 0.6 is 0 Å². The van der Waals surface area contributed by atoms with Gasteiger partial charge in [-0.15, -0.1) is 69.1 Å². The molecule has 0 aliphatic carbocycles. The predicted molar refractivity (Wildman–Crippen MR) is 193 cm³/mol. The van der Waals surface area contributed by atoms with Crippen LogP contribution in [0.2, 0.25) is 0 Å². The van der Waals surface area contributed by atoms with Crippen LogP contribution in [0.25, 0.3) is 65.3 Å². The fraction of sp³-hybridized carbons (Fsp3) is 0.136. The second-order valence-electron chi connectivity index (χ2n) is 12.6. The molecule has 0 saturated carbocycles. The topological polar surface area (TPSA) is 0 Å². The molecule has 3 heteroatoms. The third-order valence-corrected chi connectivity index (χ3v) is 9.04. The van der Waals surface area contributed by atoms with E-state index in [1.165, 1.54) is 76.5 Å². The molecule has 0 radical (unpaired) electrons. The first-order chi connectivity index (χ1) is 21.5. The molecule has 232 valence electrons. The molecule has 0 fully saturated rings. The maximum absolute atomic E-state index is 2.36. The molecule has 8 aromatic carbocycles. The molecule has 0 amide bonds. The Bertz CT molecular complexity index is 2080. The zero-order chi connectivity index (χ0) is 30.2. The van der Waals surface area contributed by atoms with Gasteiger partial charge in [0.05, 0.1) is 0 Å². The number of hydrogen-bond acceptors (Lipinski definition) is 0. The van der Waals surface area contributed by atoms with Gasteiger partial charge in [-0.25, -0.2) is 0 Å². The van der Waals surface area contributed by atoms with Crippen LogP contribution in [-0.2, 0) is 26.2 Å². The van der Waals surface area contributed by atoms with E-state index < -0.39 is 0 Å². The predicted octanol–water partition coefficient (Wildman–Crippen LogP) is 7.01. The average Bonchev–Trinajstić information content (AvgIpc) is 3.70. The number of halogens is 2. The Labute approximate surface area is 310 Å². The van der Waals surface area contributed by atoms with E-state index >= 15 is 0 Å². The average molecular weight is 729 g/mol. The van der Waals surface area contributed by atoms with Gasteiger partial charge in [0, 0.05) is 0 Å². The first kappa shape index (κ1) is 36.4. The third kappa shape index (κ3) is 7.19. The smallest absolute Gasteiger partial charge is 1.00 e. The molecule has 0 nitrogen and oxygen atoms in total. The summed E-state index contributed by atoms with van der Waals surface area (Å²) in [6.45, 7) is 9.02. The van der Waals surface area contributed by atoms with Crippen molar-refractivity contribution >= 4 is 43.1 Å². The second kappa shape index (κ2) is 15.6. The van der Waals surface area contributed by atoms with E-state index in [0.717, 1.165) is 0 Å². The minimum atomic E-state index is 0. The summed E-state index contributed by atoms with van der Waals surface area (Å²) in [6.07, 6.45) is 0. The van der Waals surface area contributed by atoms with Crippen LogP contribution in [-0.4, -0.2) is 0 Å². The zero-order valence-electron chi connectivity index (χ0n) is 27.3. The van der Waals surface area contributed by atoms with E-state index in [4.69, 9.17) is 0 Å². The maximum Gasteiger partial charge on any atom is 4.00 e. The van der Waals surface area contributed by atoms with Crippen molar-refractivity contribution in [3.05, 3.63) is 157 Å². The van der Waals surface area contributed by atoms with Crippen molar-refractivity contribution in [2.75, 3.05) is 0 Å². The van der Waals surface area contributed by atoms with Crippen LogP contribution in [0.3, 0.4) is 0 Å². The Hall–Kier alpha value is -3.48. The molecular weight excluding hydrogens is 691 g/mol. The summed E-state index contributed by atoms with van der Waals surface area (Å²) in [6, 6.07) is 53.0. The normalized spacial score (nSPS) is 10.9. The number of hydrogen-bond donors (Lipinski definition) is 0. The molecule has 0 saturated heterocycles. The zero-order valence-corrected chi connectivity index (χ0v) is 31.2. The molecule has 0 bridgehead atoms. The molecule has 0 spiro atoms. The SMILES string of the molecule is CC(C)c1cc2c(-c3cccc4ccccc34)cccc2[cH-]1.CC(C)c1cc2c(-c3cccc4ccccc34)cccc2[cH-]1.[Cl-].[Cl-].[Zr+4]. The van der Waals surface area contributed by atoms with E-state index in [2.05, 4.69) is 173 Å². The Kier molecular flexibility index (Phi) is 12.1. The Morgan fingerprint density at radius 3 is 1.09 bits per heavy atom. The summed E-state index contributed by atoms with van der Waals surface area (Å²) in [7, 11) is 0. The van der Waals surface area contributed by atoms with Crippen molar-refractivity contribution in [1.29, 1.82) is 0 Å². The monoisotopic (exact) mass is 726 g/mol. The minimum absolute atomic E-state index is 0. The van der Waals surface area contributed by atoms with Gasteiger partial charge in [-0.3, -0.25) is 0 Å². The van der Waals surface area contributed by atoms with Gasteiger partial charge in [0.15, 0.2) is 0 Å². The van der Waals surface area contributed by atoms with Crippen molar-refractivity contribution in [2.45, 2.75) is 39.5 Å². The van der Waals surface area contributed by atoms with Crippen molar-refractivity contribution in [3.63, 3.8) is 0 Å². The molecule has 47 heavy (non-hydrogen) atoms. The van der Waals surface area contributed by atoms with Gasteiger partial charge < -0.3 is 24.8 Å². The van der Waals surface area contributed by atoms with Crippen LogP contribution in [0.15, 0.2) is 146 Å². The second-order valence-corrected chi connectivity index (χ2v) is 12.6. The van der Waals surface area contributed by atoms with Gasteiger partial charge in [-0.2, -0.15) is 12.1 Å². The van der Waals surface area contributed by atoms with Crippen molar-refractivity contribution < 1.29 is 51.0 Å². The molecule has 8 aromatic rings. The summed E-state index contributed by atoms with van der Waals surface area (Å²) in [5.41, 5.74) is 8.15.